The van der Waals surface area contributed by atoms with Crippen molar-refractivity contribution in [2.24, 2.45) is 5.73 Å². The van der Waals surface area contributed by atoms with E-state index in [0.29, 0.717) is 18.5 Å². The standard InChI is InChI=1S/C9H17NO2/c1-7(10)5-6-8(11)12-9(2,3)4/h1,5-6,10H2,2-4H3. The van der Waals surface area contributed by atoms with Crippen molar-refractivity contribution in [2.75, 3.05) is 0 Å². The Labute approximate surface area is 73.6 Å². The van der Waals surface area contributed by atoms with Crippen LogP contribution in [0.4, 0.5) is 0 Å². The van der Waals surface area contributed by atoms with Crippen molar-refractivity contribution in [2.45, 2.75) is 39.2 Å². The molecule has 0 bridgehead atoms. The Balaban J connectivity index is 3.68. The topological polar surface area (TPSA) is 52.3 Å². The summed E-state index contributed by atoms with van der Waals surface area (Å²) in [4.78, 5) is 11.0. The van der Waals surface area contributed by atoms with Crippen molar-refractivity contribution in [3.63, 3.8) is 0 Å². The van der Waals surface area contributed by atoms with Gasteiger partial charge < -0.3 is 10.5 Å². The van der Waals surface area contributed by atoms with Crippen LogP contribution >= 0.6 is 0 Å². The fraction of sp³-hybridized carbons (Fsp3) is 0.667. The number of carbonyl (C=O) groups excluding carboxylic acids is 1. The van der Waals surface area contributed by atoms with Crippen molar-refractivity contribution >= 4 is 5.97 Å². The van der Waals surface area contributed by atoms with E-state index in [2.05, 4.69) is 6.58 Å². The number of carbonyl (C=O) groups is 1. The predicted octanol–water partition coefficient (Wildman–Crippen LogP) is 1.58. The average molecular weight is 171 g/mol. The van der Waals surface area contributed by atoms with Crippen molar-refractivity contribution in [3.8, 4) is 0 Å². The van der Waals surface area contributed by atoms with Gasteiger partial charge in [-0.3, -0.25) is 4.79 Å². The molecule has 0 saturated heterocycles. The molecule has 0 spiro atoms. The minimum Gasteiger partial charge on any atom is -0.460 e. The van der Waals surface area contributed by atoms with E-state index in [1.807, 2.05) is 20.8 Å². The summed E-state index contributed by atoms with van der Waals surface area (Å²) >= 11 is 0. The number of esters is 1. The van der Waals surface area contributed by atoms with E-state index in [9.17, 15) is 4.79 Å². The van der Waals surface area contributed by atoms with Gasteiger partial charge in [0, 0.05) is 5.70 Å². The molecule has 0 fully saturated rings. The van der Waals surface area contributed by atoms with Crippen LogP contribution in [0.15, 0.2) is 12.3 Å². The first-order valence-corrected chi connectivity index (χ1v) is 3.96. The van der Waals surface area contributed by atoms with Crippen LogP contribution < -0.4 is 5.73 Å². The van der Waals surface area contributed by atoms with Crippen molar-refractivity contribution < 1.29 is 9.53 Å². The van der Waals surface area contributed by atoms with Gasteiger partial charge in [-0.1, -0.05) is 6.58 Å². The monoisotopic (exact) mass is 171 g/mol. The zero-order chi connectivity index (χ0) is 9.78. The second kappa shape index (κ2) is 4.14. The van der Waals surface area contributed by atoms with Crippen LogP contribution in [0.3, 0.4) is 0 Å². The molecule has 0 aromatic rings. The molecule has 2 N–H and O–H groups in total. The highest BCUT2D eigenvalue weighted by Gasteiger charge is 2.15. The second-order valence-electron chi connectivity index (χ2n) is 3.74. The zero-order valence-electron chi connectivity index (χ0n) is 8.02. The van der Waals surface area contributed by atoms with E-state index in [-0.39, 0.29) is 5.97 Å². The minimum atomic E-state index is -0.410. The zero-order valence-corrected chi connectivity index (χ0v) is 8.02. The summed E-state index contributed by atoms with van der Waals surface area (Å²) in [7, 11) is 0. The molecule has 0 saturated carbocycles. The van der Waals surface area contributed by atoms with Gasteiger partial charge in [0.25, 0.3) is 0 Å². The molecule has 3 nitrogen and oxygen atoms in total. The third-order valence-electron chi connectivity index (χ3n) is 1.07. The lowest BCUT2D eigenvalue weighted by Crippen LogP contribution is -2.23. The van der Waals surface area contributed by atoms with Crippen LogP contribution in [-0.4, -0.2) is 11.6 Å². The van der Waals surface area contributed by atoms with Crippen molar-refractivity contribution in [1.29, 1.82) is 0 Å². The molecular formula is C9H17NO2. The highest BCUT2D eigenvalue weighted by molar-refractivity contribution is 5.70. The number of rotatable bonds is 3. The lowest BCUT2D eigenvalue weighted by Gasteiger charge is -2.19. The van der Waals surface area contributed by atoms with Gasteiger partial charge in [-0.2, -0.15) is 0 Å². The van der Waals surface area contributed by atoms with E-state index >= 15 is 0 Å². The summed E-state index contributed by atoms with van der Waals surface area (Å²) in [5.74, 6) is -0.228. The van der Waals surface area contributed by atoms with Gasteiger partial charge in [0.15, 0.2) is 0 Å². The van der Waals surface area contributed by atoms with Gasteiger partial charge in [0.1, 0.15) is 5.60 Å². The Morgan fingerprint density at radius 3 is 2.25 bits per heavy atom. The molecule has 0 aliphatic heterocycles. The van der Waals surface area contributed by atoms with Crippen molar-refractivity contribution in [3.05, 3.63) is 12.3 Å². The van der Waals surface area contributed by atoms with Gasteiger partial charge in [-0.05, 0) is 27.2 Å². The number of hydrogen-bond acceptors (Lipinski definition) is 3. The van der Waals surface area contributed by atoms with Gasteiger partial charge in [-0.15, -0.1) is 0 Å². The summed E-state index contributed by atoms with van der Waals surface area (Å²) < 4.78 is 5.05. The molecule has 0 atom stereocenters. The molecule has 0 rings (SSSR count). The van der Waals surface area contributed by atoms with E-state index in [1.54, 1.807) is 0 Å². The van der Waals surface area contributed by atoms with Crippen LogP contribution in [0.1, 0.15) is 33.6 Å². The average Bonchev–Trinajstić information content (AvgIpc) is 1.79. The molecule has 0 aromatic heterocycles. The summed E-state index contributed by atoms with van der Waals surface area (Å²) in [5.41, 5.74) is 5.41. The molecule has 0 heterocycles. The molecule has 70 valence electrons. The number of ether oxygens (including phenoxy) is 1. The van der Waals surface area contributed by atoms with Crippen LogP contribution in [0.5, 0.6) is 0 Å². The van der Waals surface area contributed by atoms with E-state index in [4.69, 9.17) is 10.5 Å². The minimum absolute atomic E-state index is 0.228. The lowest BCUT2D eigenvalue weighted by atomic mass is 10.2. The highest BCUT2D eigenvalue weighted by atomic mass is 16.6. The number of nitrogens with two attached hydrogens (primary N) is 1. The maximum absolute atomic E-state index is 11.0. The maximum Gasteiger partial charge on any atom is 0.306 e. The normalized spacial score (nSPS) is 10.9. The Bertz CT molecular complexity index is 179. The SMILES string of the molecule is C=C(N)CCC(=O)OC(C)(C)C. The molecule has 0 aliphatic rings. The third-order valence-corrected chi connectivity index (χ3v) is 1.07. The first-order chi connectivity index (χ1) is 5.31. The second-order valence-corrected chi connectivity index (χ2v) is 3.74. The molecule has 0 radical (unpaired) electrons. The first kappa shape index (κ1) is 11.0. The van der Waals surface area contributed by atoms with Crippen LogP contribution in [-0.2, 0) is 9.53 Å². The fourth-order valence-electron chi connectivity index (χ4n) is 0.655. The van der Waals surface area contributed by atoms with Gasteiger partial charge in [0.05, 0.1) is 6.42 Å². The third kappa shape index (κ3) is 7.12. The maximum atomic E-state index is 11.0. The summed E-state index contributed by atoms with van der Waals surface area (Å²) in [6.07, 6.45) is 0.807. The molecule has 0 amide bonds. The van der Waals surface area contributed by atoms with E-state index in [1.165, 1.54) is 0 Å². The lowest BCUT2D eigenvalue weighted by molar-refractivity contribution is -0.154. The smallest absolute Gasteiger partial charge is 0.306 e. The van der Waals surface area contributed by atoms with Crippen molar-refractivity contribution in [1.82, 2.24) is 0 Å². The fourth-order valence-corrected chi connectivity index (χ4v) is 0.655. The Hall–Kier alpha value is -0.990. The van der Waals surface area contributed by atoms with Gasteiger partial charge >= 0.3 is 5.97 Å². The Kier molecular flexibility index (Phi) is 3.80. The van der Waals surface area contributed by atoms with Crippen LogP contribution in [0.2, 0.25) is 0 Å². The molecule has 0 aromatic carbocycles. The molecule has 3 heteroatoms. The summed E-state index contributed by atoms with van der Waals surface area (Å²) in [5, 5.41) is 0. The molecular weight excluding hydrogens is 154 g/mol. The molecule has 12 heavy (non-hydrogen) atoms. The highest BCUT2D eigenvalue weighted by Crippen LogP contribution is 2.09. The summed E-state index contributed by atoms with van der Waals surface area (Å²) in [6, 6.07) is 0. The van der Waals surface area contributed by atoms with E-state index < -0.39 is 5.60 Å². The number of hydrogen-bond donors (Lipinski definition) is 1. The predicted molar refractivity (Wildman–Crippen MR) is 48.4 cm³/mol. The Morgan fingerprint density at radius 1 is 1.42 bits per heavy atom. The van der Waals surface area contributed by atoms with Gasteiger partial charge in [0.2, 0.25) is 0 Å². The van der Waals surface area contributed by atoms with Crippen LogP contribution in [0, 0.1) is 0 Å². The van der Waals surface area contributed by atoms with Crippen LogP contribution in [0.25, 0.3) is 0 Å². The quantitative estimate of drug-likeness (QED) is 0.656. The first-order valence-electron chi connectivity index (χ1n) is 3.96. The van der Waals surface area contributed by atoms with E-state index in [0.717, 1.165) is 0 Å². The molecule has 0 aliphatic carbocycles. The Morgan fingerprint density at radius 2 is 1.92 bits per heavy atom. The van der Waals surface area contributed by atoms with Gasteiger partial charge in [-0.25, -0.2) is 0 Å². The largest absolute Gasteiger partial charge is 0.460 e. The number of allylic oxidation sites excluding steroid dienone is 1. The summed E-state index contributed by atoms with van der Waals surface area (Å²) in [6.45, 7) is 9.00. The molecule has 0 unspecified atom stereocenters.